The molecule has 1 saturated carbocycles. The van der Waals surface area contributed by atoms with Crippen molar-refractivity contribution in [1.82, 2.24) is 20.1 Å². The van der Waals surface area contributed by atoms with Crippen molar-refractivity contribution in [2.45, 2.75) is 75.8 Å². The molecule has 212 valence electrons. The topological polar surface area (TPSA) is 86.9 Å². The Hall–Kier alpha value is -2.20. The highest BCUT2D eigenvalue weighted by Gasteiger charge is 2.48. The predicted octanol–water partition coefficient (Wildman–Crippen LogP) is 4.59. The fourth-order valence-corrected chi connectivity index (χ4v) is 7.07. The highest BCUT2D eigenvalue weighted by molar-refractivity contribution is 7.98. The van der Waals surface area contributed by atoms with Gasteiger partial charge >= 0.3 is 0 Å². The molecule has 1 amide bonds. The van der Waals surface area contributed by atoms with Gasteiger partial charge in [-0.1, -0.05) is 11.6 Å². The van der Waals surface area contributed by atoms with Gasteiger partial charge in [-0.3, -0.25) is 14.5 Å². The fraction of sp³-hybridized carbons (Fsp3) is 0.586. The first kappa shape index (κ1) is 28.3. The smallest absolute Gasteiger partial charge is 0.254 e. The van der Waals surface area contributed by atoms with Gasteiger partial charge in [0.2, 0.25) is 0 Å². The molecular weight excluding hydrogens is 536 g/mol. The standard InChI is InChI=1S/C29H39ClN4O4S/c1-16-11-24(39-6)22(28(36)32-16)13-31-27(35)21-12-23(30)26-25(17(21)2)37-29(3,38-26)18-7-9-19(10-8-18)34-14-20(15-34)33(4)5/h11-12,18-20H,7-10,13-15H2,1-6H3,(H,31,35)(H,32,36)/t18?,19?,29-/m1/s1. The molecule has 1 aromatic carbocycles. The number of fused-ring (bicyclic) bond motifs is 1. The Morgan fingerprint density at radius 1 is 1.18 bits per heavy atom. The molecule has 0 bridgehead atoms. The zero-order valence-corrected chi connectivity index (χ0v) is 25.2. The molecule has 8 nitrogen and oxygen atoms in total. The summed E-state index contributed by atoms with van der Waals surface area (Å²) in [7, 11) is 4.31. The molecule has 3 heterocycles. The van der Waals surface area contributed by atoms with Crippen molar-refractivity contribution in [2.24, 2.45) is 5.92 Å². The van der Waals surface area contributed by atoms with Crippen LogP contribution in [-0.2, 0) is 6.54 Å². The second-order valence-corrected chi connectivity index (χ2v) is 12.8. The van der Waals surface area contributed by atoms with Crippen LogP contribution in [0.5, 0.6) is 11.5 Å². The Morgan fingerprint density at radius 2 is 1.85 bits per heavy atom. The number of hydrogen-bond acceptors (Lipinski definition) is 7. The predicted molar refractivity (Wildman–Crippen MR) is 155 cm³/mol. The van der Waals surface area contributed by atoms with Crippen LogP contribution in [0.25, 0.3) is 0 Å². The van der Waals surface area contributed by atoms with Gasteiger partial charge in [-0.15, -0.1) is 11.8 Å². The Balaban J connectivity index is 1.26. The number of thioether (sulfide) groups is 1. The number of aromatic amines is 1. The summed E-state index contributed by atoms with van der Waals surface area (Å²) in [5.41, 5.74) is 2.22. The monoisotopic (exact) mass is 574 g/mol. The second kappa shape index (κ2) is 11.0. The Bertz CT molecular complexity index is 1320. The van der Waals surface area contributed by atoms with Crippen molar-refractivity contribution >= 4 is 29.3 Å². The van der Waals surface area contributed by atoms with Crippen LogP contribution in [0.2, 0.25) is 5.02 Å². The first-order valence-corrected chi connectivity index (χ1v) is 15.3. The summed E-state index contributed by atoms with van der Waals surface area (Å²) >= 11 is 8.12. The molecule has 1 aliphatic carbocycles. The molecule has 0 radical (unpaired) electrons. The average molecular weight is 575 g/mol. The summed E-state index contributed by atoms with van der Waals surface area (Å²) in [5.74, 6) is 0.143. The molecule has 39 heavy (non-hydrogen) atoms. The molecule has 0 unspecified atom stereocenters. The van der Waals surface area contributed by atoms with Crippen molar-refractivity contribution in [3.05, 3.63) is 49.9 Å². The van der Waals surface area contributed by atoms with E-state index in [0.717, 1.165) is 49.4 Å². The third kappa shape index (κ3) is 5.43. The maximum atomic E-state index is 13.2. The van der Waals surface area contributed by atoms with E-state index in [1.165, 1.54) is 11.8 Å². The molecule has 2 N–H and O–H groups in total. The average Bonchev–Trinajstić information content (AvgIpc) is 3.24. The van der Waals surface area contributed by atoms with Crippen molar-refractivity contribution < 1.29 is 14.3 Å². The lowest BCUT2D eigenvalue weighted by Crippen LogP contribution is -2.61. The van der Waals surface area contributed by atoms with Gasteiger partial charge in [0.25, 0.3) is 17.3 Å². The van der Waals surface area contributed by atoms with Crippen LogP contribution in [0.3, 0.4) is 0 Å². The Kier molecular flexibility index (Phi) is 7.99. The number of hydrogen-bond donors (Lipinski definition) is 2. The number of nitrogens with one attached hydrogen (secondary N) is 2. The summed E-state index contributed by atoms with van der Waals surface area (Å²) < 4.78 is 12.9. The van der Waals surface area contributed by atoms with E-state index < -0.39 is 5.79 Å². The summed E-state index contributed by atoms with van der Waals surface area (Å²) in [4.78, 5) is 34.3. The van der Waals surface area contributed by atoms with Gasteiger partial charge < -0.3 is 24.7 Å². The van der Waals surface area contributed by atoms with E-state index in [0.29, 0.717) is 45.3 Å². The number of pyridine rings is 1. The minimum atomic E-state index is -0.819. The largest absolute Gasteiger partial charge is 0.448 e. The van der Waals surface area contributed by atoms with E-state index in [1.807, 2.05) is 33.1 Å². The van der Waals surface area contributed by atoms with Crippen LogP contribution in [0.4, 0.5) is 0 Å². The maximum Gasteiger partial charge on any atom is 0.254 e. The Labute approximate surface area is 239 Å². The molecule has 0 spiro atoms. The van der Waals surface area contributed by atoms with Crippen LogP contribution >= 0.6 is 23.4 Å². The van der Waals surface area contributed by atoms with Gasteiger partial charge in [-0.25, -0.2) is 0 Å². The van der Waals surface area contributed by atoms with Crippen LogP contribution in [0.15, 0.2) is 21.8 Å². The first-order valence-electron chi connectivity index (χ1n) is 13.7. The number of ether oxygens (including phenoxy) is 2. The van der Waals surface area contributed by atoms with E-state index >= 15 is 0 Å². The number of likely N-dealkylation sites (tertiary alicyclic amines) is 1. The summed E-state index contributed by atoms with van der Waals surface area (Å²) in [6, 6.07) is 4.83. The SMILES string of the molecule is CSc1cc(C)[nH]c(=O)c1CNC(=O)c1cc(Cl)c2c(c1C)O[C@@](C)(C1CCC(N3CC(N(C)C)C3)CC1)O2. The summed E-state index contributed by atoms with van der Waals surface area (Å²) in [5, 5.41) is 3.25. The third-order valence-electron chi connectivity index (χ3n) is 8.74. The van der Waals surface area contributed by atoms with Crippen LogP contribution < -0.4 is 20.3 Å². The minimum Gasteiger partial charge on any atom is -0.448 e. The van der Waals surface area contributed by atoms with Gasteiger partial charge in [0.15, 0.2) is 11.5 Å². The van der Waals surface area contributed by atoms with E-state index in [4.69, 9.17) is 21.1 Å². The molecule has 2 aliphatic heterocycles. The highest BCUT2D eigenvalue weighted by atomic mass is 35.5. The zero-order valence-electron chi connectivity index (χ0n) is 23.7. The number of carbonyl (C=O) groups is 1. The van der Waals surface area contributed by atoms with Crippen LogP contribution in [0, 0.1) is 19.8 Å². The quantitative estimate of drug-likeness (QED) is 0.468. The number of benzene rings is 1. The van der Waals surface area contributed by atoms with E-state index in [9.17, 15) is 9.59 Å². The molecule has 1 saturated heterocycles. The number of amides is 1. The third-order valence-corrected chi connectivity index (χ3v) is 9.83. The molecular formula is C29H39ClN4O4S. The normalized spacial score (nSPS) is 25.1. The molecule has 2 fully saturated rings. The number of likely N-dealkylation sites (N-methyl/N-ethyl adjacent to an activating group) is 1. The number of aryl methyl sites for hydroxylation is 1. The highest BCUT2D eigenvalue weighted by Crippen LogP contribution is 2.52. The molecule has 5 rings (SSSR count). The maximum absolute atomic E-state index is 13.2. The molecule has 3 aliphatic rings. The summed E-state index contributed by atoms with van der Waals surface area (Å²) in [6.07, 6.45) is 6.20. The molecule has 10 heteroatoms. The first-order chi connectivity index (χ1) is 18.5. The number of H-pyrrole nitrogens is 1. The number of nitrogens with zero attached hydrogens (tertiary/aromatic N) is 2. The van der Waals surface area contributed by atoms with Gasteiger partial charge in [0, 0.05) is 71.8 Å². The van der Waals surface area contributed by atoms with Gasteiger partial charge in [0.1, 0.15) is 0 Å². The summed E-state index contributed by atoms with van der Waals surface area (Å²) in [6.45, 7) is 8.10. The zero-order chi connectivity index (χ0) is 28.1. The Morgan fingerprint density at radius 3 is 2.49 bits per heavy atom. The van der Waals surface area contributed by atoms with Crippen LogP contribution in [-0.4, -0.2) is 72.0 Å². The van der Waals surface area contributed by atoms with Crippen LogP contribution in [0.1, 0.15) is 59.8 Å². The molecule has 2 aromatic rings. The lowest BCUT2D eigenvalue weighted by atomic mass is 9.80. The number of rotatable bonds is 7. The number of carbonyl (C=O) groups excluding carboxylic acids is 1. The second-order valence-electron chi connectivity index (χ2n) is 11.5. The number of aromatic nitrogens is 1. The van der Waals surface area contributed by atoms with Crippen molar-refractivity contribution in [2.75, 3.05) is 33.4 Å². The minimum absolute atomic E-state index is 0.114. The molecule has 1 atom stereocenters. The van der Waals surface area contributed by atoms with E-state index in [1.54, 1.807) is 6.07 Å². The number of halogens is 1. The van der Waals surface area contributed by atoms with E-state index in [2.05, 4.69) is 34.2 Å². The van der Waals surface area contributed by atoms with Crippen molar-refractivity contribution in [3.63, 3.8) is 0 Å². The van der Waals surface area contributed by atoms with Gasteiger partial charge in [-0.05, 0) is 72.0 Å². The lowest BCUT2D eigenvalue weighted by Gasteiger charge is -2.49. The lowest BCUT2D eigenvalue weighted by molar-refractivity contribution is -0.127. The molecule has 1 aromatic heterocycles. The fourth-order valence-electron chi connectivity index (χ4n) is 6.13. The van der Waals surface area contributed by atoms with E-state index in [-0.39, 0.29) is 23.9 Å². The van der Waals surface area contributed by atoms with Crippen molar-refractivity contribution in [3.8, 4) is 11.5 Å². The van der Waals surface area contributed by atoms with Gasteiger partial charge in [-0.2, -0.15) is 0 Å². The van der Waals surface area contributed by atoms with Gasteiger partial charge in [0.05, 0.1) is 5.02 Å². The van der Waals surface area contributed by atoms with Crippen molar-refractivity contribution in [1.29, 1.82) is 0 Å².